The Kier molecular flexibility index (Phi) is 5.90. The second-order valence-electron chi connectivity index (χ2n) is 5.28. The molecule has 0 saturated heterocycles. The summed E-state index contributed by atoms with van der Waals surface area (Å²) < 4.78 is 5.19. The molecule has 0 aliphatic heterocycles. The van der Waals surface area contributed by atoms with Crippen LogP contribution in [0.2, 0.25) is 0 Å². The van der Waals surface area contributed by atoms with Gasteiger partial charge in [-0.3, -0.25) is 14.9 Å². The summed E-state index contributed by atoms with van der Waals surface area (Å²) in [6, 6.07) is 12.7. The van der Waals surface area contributed by atoms with Crippen LogP contribution in [0.3, 0.4) is 0 Å². The molecule has 2 N–H and O–H groups in total. The Labute approximate surface area is 149 Å². The third kappa shape index (κ3) is 4.58. The highest BCUT2D eigenvalue weighted by molar-refractivity contribution is 6.07. The zero-order valence-corrected chi connectivity index (χ0v) is 14.1. The van der Waals surface area contributed by atoms with Crippen LogP contribution in [-0.2, 0) is 4.79 Å². The van der Waals surface area contributed by atoms with Crippen LogP contribution in [0.1, 0.15) is 5.56 Å². The van der Waals surface area contributed by atoms with E-state index in [2.05, 4.69) is 10.6 Å². The van der Waals surface area contributed by atoms with Crippen molar-refractivity contribution in [3.8, 4) is 11.8 Å². The number of methoxy groups -OCH3 is 1. The van der Waals surface area contributed by atoms with Crippen LogP contribution < -0.4 is 15.4 Å². The predicted octanol–water partition coefficient (Wildman–Crippen LogP) is 3.37. The molecule has 0 saturated carbocycles. The Bertz CT molecular complexity index is 898. The lowest BCUT2D eigenvalue weighted by Gasteiger charge is -2.10. The number of aryl methyl sites for hydroxylation is 1. The molecular weight excluding hydrogens is 336 g/mol. The highest BCUT2D eigenvalue weighted by Gasteiger charge is 2.12. The van der Waals surface area contributed by atoms with Crippen molar-refractivity contribution in [3.63, 3.8) is 0 Å². The van der Waals surface area contributed by atoms with E-state index in [-0.39, 0.29) is 11.3 Å². The summed E-state index contributed by atoms with van der Waals surface area (Å²) in [7, 11) is 1.48. The van der Waals surface area contributed by atoms with Gasteiger partial charge in [0.1, 0.15) is 17.4 Å². The van der Waals surface area contributed by atoms with Crippen LogP contribution in [0.4, 0.5) is 17.1 Å². The van der Waals surface area contributed by atoms with Gasteiger partial charge in [0.05, 0.1) is 17.7 Å². The molecule has 26 heavy (non-hydrogen) atoms. The minimum atomic E-state index is -0.606. The third-order valence-corrected chi connectivity index (χ3v) is 3.43. The maximum Gasteiger partial charge on any atom is 0.269 e. The smallest absolute Gasteiger partial charge is 0.269 e. The molecule has 0 spiro atoms. The molecule has 0 aliphatic carbocycles. The predicted molar refractivity (Wildman–Crippen MR) is 96.8 cm³/mol. The summed E-state index contributed by atoms with van der Waals surface area (Å²) in [4.78, 5) is 22.4. The van der Waals surface area contributed by atoms with Crippen LogP contribution in [0, 0.1) is 28.4 Å². The topological polar surface area (TPSA) is 117 Å². The molecule has 0 bridgehead atoms. The van der Waals surface area contributed by atoms with Gasteiger partial charge in [-0.1, -0.05) is 6.07 Å². The van der Waals surface area contributed by atoms with Gasteiger partial charge >= 0.3 is 0 Å². The number of amides is 1. The molecular formula is C18H16N4O4. The molecule has 0 heterocycles. The summed E-state index contributed by atoms with van der Waals surface area (Å²) >= 11 is 0. The number of non-ortho nitro benzene ring substituents is 1. The summed E-state index contributed by atoms with van der Waals surface area (Å²) in [5, 5.41) is 25.2. The van der Waals surface area contributed by atoms with Gasteiger partial charge in [-0.25, -0.2) is 0 Å². The van der Waals surface area contributed by atoms with E-state index in [9.17, 15) is 20.2 Å². The van der Waals surface area contributed by atoms with E-state index < -0.39 is 10.8 Å². The molecule has 0 aromatic heterocycles. The molecule has 8 nitrogen and oxygen atoms in total. The highest BCUT2D eigenvalue weighted by Crippen LogP contribution is 2.25. The molecule has 2 aromatic rings. The van der Waals surface area contributed by atoms with Crippen LogP contribution in [0.15, 0.2) is 54.2 Å². The quantitative estimate of drug-likeness (QED) is 0.356. The number of carbonyl (C=O) groups is 1. The van der Waals surface area contributed by atoms with Gasteiger partial charge in [0.2, 0.25) is 0 Å². The number of benzene rings is 2. The van der Waals surface area contributed by atoms with E-state index in [1.807, 2.05) is 19.1 Å². The molecule has 8 heteroatoms. The Morgan fingerprint density at radius 1 is 1.27 bits per heavy atom. The van der Waals surface area contributed by atoms with Crippen LogP contribution >= 0.6 is 0 Å². The number of hydrogen-bond donors (Lipinski definition) is 2. The molecule has 0 radical (unpaired) electrons. The fraction of sp³-hybridized carbons (Fsp3) is 0.111. The maximum atomic E-state index is 12.3. The number of anilines is 2. The van der Waals surface area contributed by atoms with Crippen molar-refractivity contribution in [1.82, 2.24) is 0 Å². The minimum absolute atomic E-state index is 0.0516. The Morgan fingerprint density at radius 3 is 2.54 bits per heavy atom. The lowest BCUT2D eigenvalue weighted by Crippen LogP contribution is -2.15. The average Bonchev–Trinajstić information content (AvgIpc) is 2.63. The van der Waals surface area contributed by atoms with Crippen molar-refractivity contribution in [3.05, 3.63) is 69.9 Å². The standard InChI is InChI=1S/C18H16N4O4/c1-12-3-8-17(26-2)16(9-12)21-18(23)13(10-19)11-20-14-4-6-15(7-5-14)22(24)25/h3-9,11,20H,1-2H3,(H,21,23)/b13-11-. The van der Waals surface area contributed by atoms with Crippen LogP contribution in [-0.4, -0.2) is 17.9 Å². The summed E-state index contributed by atoms with van der Waals surface area (Å²) in [5.74, 6) is -0.129. The number of nitro groups is 1. The SMILES string of the molecule is COc1ccc(C)cc1NC(=O)/C(C#N)=C\Nc1ccc([N+](=O)[O-])cc1. The van der Waals surface area contributed by atoms with Gasteiger partial charge in [0, 0.05) is 24.0 Å². The average molecular weight is 352 g/mol. The van der Waals surface area contributed by atoms with Crippen LogP contribution in [0.5, 0.6) is 5.75 Å². The summed E-state index contributed by atoms with van der Waals surface area (Å²) in [5.41, 5.74) is 1.67. The monoisotopic (exact) mass is 352 g/mol. The third-order valence-electron chi connectivity index (χ3n) is 3.43. The molecule has 0 atom stereocenters. The second kappa shape index (κ2) is 8.30. The normalized spacial score (nSPS) is 10.6. The number of nitrogens with one attached hydrogen (secondary N) is 2. The number of nitrogens with zero attached hydrogens (tertiary/aromatic N) is 2. The highest BCUT2D eigenvalue weighted by atomic mass is 16.6. The van der Waals surface area contributed by atoms with E-state index in [4.69, 9.17) is 4.74 Å². The van der Waals surface area contributed by atoms with E-state index >= 15 is 0 Å². The fourth-order valence-corrected chi connectivity index (χ4v) is 2.09. The van der Waals surface area contributed by atoms with Gasteiger partial charge in [-0.05, 0) is 36.8 Å². The largest absolute Gasteiger partial charge is 0.495 e. The minimum Gasteiger partial charge on any atom is -0.495 e. The Morgan fingerprint density at radius 2 is 1.96 bits per heavy atom. The number of ether oxygens (including phenoxy) is 1. The van der Waals surface area contributed by atoms with Gasteiger partial charge in [-0.2, -0.15) is 5.26 Å². The van der Waals surface area contributed by atoms with Crippen molar-refractivity contribution in [2.45, 2.75) is 6.92 Å². The Balaban J connectivity index is 2.13. The first-order valence-electron chi connectivity index (χ1n) is 7.52. The number of carbonyl (C=O) groups excluding carboxylic acids is 1. The van der Waals surface area contributed by atoms with Crippen molar-refractivity contribution in [2.24, 2.45) is 0 Å². The van der Waals surface area contributed by atoms with Crippen LogP contribution in [0.25, 0.3) is 0 Å². The summed E-state index contributed by atoms with van der Waals surface area (Å²) in [6.07, 6.45) is 1.23. The van der Waals surface area contributed by atoms with Crippen molar-refractivity contribution in [2.75, 3.05) is 17.7 Å². The van der Waals surface area contributed by atoms with Gasteiger partial charge in [-0.15, -0.1) is 0 Å². The molecule has 2 rings (SSSR count). The Hall–Kier alpha value is -3.86. The molecule has 0 aliphatic rings. The number of nitriles is 1. The summed E-state index contributed by atoms with van der Waals surface area (Å²) in [6.45, 7) is 1.87. The molecule has 2 aromatic carbocycles. The second-order valence-corrected chi connectivity index (χ2v) is 5.28. The number of nitro benzene ring substituents is 1. The van der Waals surface area contributed by atoms with Crippen molar-refractivity contribution in [1.29, 1.82) is 5.26 Å². The first-order chi connectivity index (χ1) is 12.4. The molecule has 132 valence electrons. The lowest BCUT2D eigenvalue weighted by atomic mass is 10.2. The van der Waals surface area contributed by atoms with Crippen molar-refractivity contribution < 1.29 is 14.5 Å². The van der Waals surface area contributed by atoms with E-state index in [0.29, 0.717) is 17.1 Å². The van der Waals surface area contributed by atoms with E-state index in [0.717, 1.165) is 5.56 Å². The number of rotatable bonds is 6. The molecule has 0 fully saturated rings. The zero-order chi connectivity index (χ0) is 19.1. The zero-order valence-electron chi connectivity index (χ0n) is 14.1. The van der Waals surface area contributed by atoms with Gasteiger partial charge in [0.25, 0.3) is 11.6 Å². The van der Waals surface area contributed by atoms with Gasteiger partial charge < -0.3 is 15.4 Å². The molecule has 1 amide bonds. The first kappa shape index (κ1) is 18.5. The maximum absolute atomic E-state index is 12.3. The lowest BCUT2D eigenvalue weighted by molar-refractivity contribution is -0.384. The van der Waals surface area contributed by atoms with Crippen molar-refractivity contribution >= 4 is 23.0 Å². The van der Waals surface area contributed by atoms with E-state index in [1.165, 1.54) is 37.6 Å². The fourth-order valence-electron chi connectivity index (χ4n) is 2.09. The van der Waals surface area contributed by atoms with Gasteiger partial charge in [0.15, 0.2) is 0 Å². The molecule has 0 unspecified atom stereocenters. The first-order valence-corrected chi connectivity index (χ1v) is 7.52. The number of hydrogen-bond acceptors (Lipinski definition) is 6. The van der Waals surface area contributed by atoms with E-state index in [1.54, 1.807) is 12.1 Å².